The van der Waals surface area contributed by atoms with Crippen LogP contribution < -0.4 is 0 Å². The highest BCUT2D eigenvalue weighted by atomic mass is 32.2. The topological polar surface area (TPSA) is 97.7 Å². The van der Waals surface area contributed by atoms with Crippen molar-refractivity contribution in [3.05, 3.63) is 0 Å². The van der Waals surface area contributed by atoms with E-state index in [4.69, 9.17) is 5.11 Å². The number of hydrogen-bond donors (Lipinski definition) is 1. The van der Waals surface area contributed by atoms with Crippen LogP contribution >= 0.6 is 0 Å². The number of rotatable bonds is 7. The van der Waals surface area contributed by atoms with Crippen molar-refractivity contribution < 1.29 is 27.9 Å². The fraction of sp³-hybridized carbons (Fsp3) is 0.800. The molecular weight excluding hydrogens is 248 g/mol. The summed E-state index contributed by atoms with van der Waals surface area (Å²) < 4.78 is 27.6. The third kappa shape index (κ3) is 5.16. The molecule has 0 aliphatic rings. The molecule has 0 aromatic heterocycles. The van der Waals surface area contributed by atoms with E-state index in [1.165, 1.54) is 13.8 Å². The van der Waals surface area contributed by atoms with E-state index in [1.54, 1.807) is 6.92 Å². The minimum Gasteiger partial charge on any atom is -0.481 e. The van der Waals surface area contributed by atoms with Crippen LogP contribution in [0.2, 0.25) is 0 Å². The molecule has 0 saturated carbocycles. The Kier molecular flexibility index (Phi) is 6.15. The zero-order valence-corrected chi connectivity index (χ0v) is 11.0. The van der Waals surface area contributed by atoms with Gasteiger partial charge in [0.25, 0.3) is 0 Å². The lowest BCUT2D eigenvalue weighted by molar-refractivity contribution is -0.158. The van der Waals surface area contributed by atoms with Gasteiger partial charge >= 0.3 is 11.9 Å². The highest BCUT2D eigenvalue weighted by Gasteiger charge is 2.30. The van der Waals surface area contributed by atoms with Gasteiger partial charge in [0.1, 0.15) is 0 Å². The number of carboxylic acids is 1. The highest BCUT2D eigenvalue weighted by Crippen LogP contribution is 2.11. The van der Waals surface area contributed by atoms with Crippen molar-refractivity contribution in [2.45, 2.75) is 32.4 Å². The van der Waals surface area contributed by atoms with Crippen LogP contribution in [0.5, 0.6) is 0 Å². The van der Waals surface area contributed by atoms with Gasteiger partial charge in [-0.25, -0.2) is 8.42 Å². The van der Waals surface area contributed by atoms with Crippen molar-refractivity contribution in [2.75, 3.05) is 12.4 Å². The van der Waals surface area contributed by atoms with E-state index in [2.05, 4.69) is 4.74 Å². The predicted octanol–water partition coefficient (Wildman–Crippen LogP) is 0.464. The number of carbonyl (C=O) groups is 2. The Balaban J connectivity index is 4.59. The molecule has 0 heterocycles. The Morgan fingerprint density at radius 1 is 1.29 bits per heavy atom. The summed E-state index contributed by atoms with van der Waals surface area (Å²) in [4.78, 5) is 22.1. The molecule has 7 heteroatoms. The first-order chi connectivity index (χ1) is 7.72. The van der Waals surface area contributed by atoms with Gasteiger partial charge in [0.2, 0.25) is 0 Å². The second-order valence-electron chi connectivity index (χ2n) is 3.85. The molecule has 1 unspecified atom stereocenters. The highest BCUT2D eigenvalue weighted by molar-refractivity contribution is 7.91. The maximum atomic E-state index is 11.5. The van der Waals surface area contributed by atoms with E-state index < -0.39 is 32.9 Å². The lowest BCUT2D eigenvalue weighted by Crippen LogP contribution is -2.29. The summed E-state index contributed by atoms with van der Waals surface area (Å²) in [6.07, 6.45) is -0.255. The lowest BCUT2D eigenvalue weighted by atomic mass is 10.1. The monoisotopic (exact) mass is 266 g/mol. The molecule has 0 aromatic carbocycles. The molecular formula is C10H18O6S. The summed E-state index contributed by atoms with van der Waals surface area (Å²) >= 11 is 0. The molecule has 0 bridgehead atoms. The number of sulfone groups is 1. The van der Waals surface area contributed by atoms with Crippen LogP contribution in [-0.2, 0) is 24.2 Å². The molecule has 1 N–H and O–H groups in total. The minimum absolute atomic E-state index is 0.0690. The van der Waals surface area contributed by atoms with Crippen LogP contribution in [0.3, 0.4) is 0 Å². The normalized spacial score (nSPS) is 13.4. The first-order valence-corrected chi connectivity index (χ1v) is 7.05. The van der Waals surface area contributed by atoms with Gasteiger partial charge in [-0.05, 0) is 27.2 Å². The average Bonchev–Trinajstić information content (AvgIpc) is 2.17. The Morgan fingerprint density at radius 3 is 2.18 bits per heavy atom. The fourth-order valence-electron chi connectivity index (χ4n) is 1.10. The van der Waals surface area contributed by atoms with Crippen molar-refractivity contribution in [1.29, 1.82) is 0 Å². The zero-order chi connectivity index (χ0) is 13.6. The molecule has 17 heavy (non-hydrogen) atoms. The van der Waals surface area contributed by atoms with Gasteiger partial charge in [-0.3, -0.25) is 9.59 Å². The van der Waals surface area contributed by atoms with Crippen LogP contribution in [0.1, 0.15) is 27.2 Å². The molecule has 0 aliphatic carbocycles. The molecule has 100 valence electrons. The Labute approximate surface area is 101 Å². The van der Waals surface area contributed by atoms with Crippen LogP contribution in [0, 0.1) is 5.92 Å². The predicted molar refractivity (Wildman–Crippen MR) is 61.3 cm³/mol. The van der Waals surface area contributed by atoms with Crippen LogP contribution in [-0.4, -0.2) is 43.1 Å². The largest absolute Gasteiger partial charge is 0.481 e. The Morgan fingerprint density at radius 2 is 1.82 bits per heavy atom. The quantitative estimate of drug-likeness (QED) is 0.531. The molecule has 0 rings (SSSR count). The second kappa shape index (κ2) is 6.58. The van der Waals surface area contributed by atoms with Gasteiger partial charge in [0, 0.05) is 0 Å². The Bertz CT molecular complexity index is 370. The van der Waals surface area contributed by atoms with Gasteiger partial charge < -0.3 is 9.84 Å². The second-order valence-corrected chi connectivity index (χ2v) is 6.52. The standard InChI is InChI=1S/C10H18O6S/c1-4-16-10(13)8(9(11)12)5-6-17(14,15)7(2)3/h7-8H,4-6H2,1-3H3,(H,11,12). The third-order valence-electron chi connectivity index (χ3n) is 2.28. The third-order valence-corrected chi connectivity index (χ3v) is 4.52. The van der Waals surface area contributed by atoms with E-state index in [1.807, 2.05) is 0 Å². The van der Waals surface area contributed by atoms with E-state index in [9.17, 15) is 18.0 Å². The van der Waals surface area contributed by atoms with Crippen LogP contribution in [0.15, 0.2) is 0 Å². The van der Waals surface area contributed by atoms with Crippen molar-refractivity contribution >= 4 is 21.8 Å². The van der Waals surface area contributed by atoms with Crippen LogP contribution in [0.4, 0.5) is 0 Å². The number of carbonyl (C=O) groups excluding carboxylic acids is 1. The average molecular weight is 266 g/mol. The van der Waals surface area contributed by atoms with Crippen molar-refractivity contribution in [1.82, 2.24) is 0 Å². The molecule has 0 saturated heterocycles. The lowest BCUT2D eigenvalue weighted by Gasteiger charge is -2.12. The summed E-state index contributed by atoms with van der Waals surface area (Å²) in [7, 11) is -3.35. The summed E-state index contributed by atoms with van der Waals surface area (Å²) in [5.41, 5.74) is 0. The molecule has 0 spiro atoms. The number of hydrogen-bond acceptors (Lipinski definition) is 5. The molecule has 0 fully saturated rings. The molecule has 0 aromatic rings. The smallest absolute Gasteiger partial charge is 0.320 e. The van der Waals surface area contributed by atoms with E-state index >= 15 is 0 Å². The molecule has 0 amide bonds. The van der Waals surface area contributed by atoms with Gasteiger partial charge in [0.05, 0.1) is 17.6 Å². The first-order valence-electron chi connectivity index (χ1n) is 5.33. The van der Waals surface area contributed by atoms with Gasteiger partial charge in [-0.15, -0.1) is 0 Å². The number of carboxylic acid groups (broad SMARTS) is 1. The molecule has 1 atom stereocenters. The minimum atomic E-state index is -3.35. The molecule has 0 radical (unpaired) electrons. The number of aliphatic carboxylic acids is 1. The van der Waals surface area contributed by atoms with Crippen molar-refractivity contribution in [2.24, 2.45) is 5.92 Å². The SMILES string of the molecule is CCOC(=O)C(CCS(=O)(=O)C(C)C)C(=O)O. The maximum absolute atomic E-state index is 11.5. The zero-order valence-electron chi connectivity index (χ0n) is 10.2. The van der Waals surface area contributed by atoms with Gasteiger partial charge in [0.15, 0.2) is 15.8 Å². The number of esters is 1. The summed E-state index contributed by atoms with van der Waals surface area (Å²) in [5.74, 6) is -4.00. The summed E-state index contributed by atoms with van der Waals surface area (Å²) in [6, 6.07) is 0. The Hall–Kier alpha value is -1.11. The summed E-state index contributed by atoms with van der Waals surface area (Å²) in [5, 5.41) is 8.23. The summed E-state index contributed by atoms with van der Waals surface area (Å²) in [6.45, 7) is 4.64. The van der Waals surface area contributed by atoms with Crippen molar-refractivity contribution in [3.8, 4) is 0 Å². The fourth-order valence-corrected chi connectivity index (χ4v) is 2.14. The first kappa shape index (κ1) is 15.9. The van der Waals surface area contributed by atoms with E-state index in [0.29, 0.717) is 0 Å². The maximum Gasteiger partial charge on any atom is 0.320 e. The molecule has 6 nitrogen and oxygen atoms in total. The van der Waals surface area contributed by atoms with Crippen LogP contribution in [0.25, 0.3) is 0 Å². The van der Waals surface area contributed by atoms with Gasteiger partial charge in [-0.1, -0.05) is 0 Å². The number of ether oxygens (including phenoxy) is 1. The molecule has 0 aliphatic heterocycles. The van der Waals surface area contributed by atoms with Crippen molar-refractivity contribution in [3.63, 3.8) is 0 Å². The van der Waals surface area contributed by atoms with Gasteiger partial charge in [-0.2, -0.15) is 0 Å². The van der Waals surface area contributed by atoms with E-state index in [0.717, 1.165) is 0 Å². The van der Waals surface area contributed by atoms with E-state index in [-0.39, 0.29) is 18.8 Å².